The highest BCUT2D eigenvalue weighted by molar-refractivity contribution is 5.78. The average molecular weight is 259 g/mol. The van der Waals surface area contributed by atoms with Crippen LogP contribution in [0.15, 0.2) is 24.3 Å². The van der Waals surface area contributed by atoms with E-state index in [1.807, 2.05) is 48.9 Å². The fraction of sp³-hybridized carbons (Fsp3) is 0.467. The van der Waals surface area contributed by atoms with Gasteiger partial charge in [-0.1, -0.05) is 12.1 Å². The number of hydrogen-bond donors (Lipinski definition) is 0. The van der Waals surface area contributed by atoms with E-state index in [1.165, 1.54) is 0 Å². The van der Waals surface area contributed by atoms with Crippen LogP contribution in [0.25, 0.3) is 0 Å². The Morgan fingerprint density at radius 3 is 2.58 bits per heavy atom. The van der Waals surface area contributed by atoms with Crippen molar-refractivity contribution in [2.45, 2.75) is 20.4 Å². The van der Waals surface area contributed by atoms with Crippen molar-refractivity contribution < 1.29 is 4.79 Å². The van der Waals surface area contributed by atoms with Crippen molar-refractivity contribution >= 4 is 5.91 Å². The lowest BCUT2D eigenvalue weighted by molar-refractivity contribution is -0.131. The van der Waals surface area contributed by atoms with Gasteiger partial charge in [0.25, 0.3) is 0 Å². The Bertz CT molecular complexity index is 461. The maximum atomic E-state index is 12.0. The number of hydrogen-bond acceptors (Lipinski definition) is 3. The minimum Gasteiger partial charge on any atom is -0.342 e. The fourth-order valence-electron chi connectivity index (χ4n) is 2.01. The van der Waals surface area contributed by atoms with E-state index in [0.717, 1.165) is 18.7 Å². The molecule has 1 amide bonds. The van der Waals surface area contributed by atoms with E-state index in [-0.39, 0.29) is 5.91 Å². The van der Waals surface area contributed by atoms with Gasteiger partial charge in [0, 0.05) is 19.6 Å². The Labute approximate surface area is 115 Å². The predicted octanol–water partition coefficient (Wildman–Crippen LogP) is 1.86. The van der Waals surface area contributed by atoms with Gasteiger partial charge in [0.05, 0.1) is 18.2 Å². The summed E-state index contributed by atoms with van der Waals surface area (Å²) in [5, 5.41) is 8.85. The molecule has 0 fully saturated rings. The van der Waals surface area contributed by atoms with E-state index in [4.69, 9.17) is 5.26 Å². The Hall–Kier alpha value is -1.86. The van der Waals surface area contributed by atoms with Gasteiger partial charge in [0.1, 0.15) is 0 Å². The van der Waals surface area contributed by atoms with Crippen molar-refractivity contribution in [2.75, 3.05) is 26.7 Å². The van der Waals surface area contributed by atoms with E-state index in [0.29, 0.717) is 18.7 Å². The zero-order valence-corrected chi connectivity index (χ0v) is 11.9. The van der Waals surface area contributed by atoms with Crippen LogP contribution in [0.1, 0.15) is 25.0 Å². The summed E-state index contributed by atoms with van der Waals surface area (Å²) in [4.78, 5) is 15.8. The van der Waals surface area contributed by atoms with Crippen LogP contribution in [0.5, 0.6) is 0 Å². The maximum Gasteiger partial charge on any atom is 0.236 e. The van der Waals surface area contributed by atoms with Crippen LogP contribution >= 0.6 is 0 Å². The van der Waals surface area contributed by atoms with Gasteiger partial charge in [-0.2, -0.15) is 5.26 Å². The third-order valence-electron chi connectivity index (χ3n) is 3.03. The average Bonchev–Trinajstić information content (AvgIpc) is 2.40. The fourth-order valence-corrected chi connectivity index (χ4v) is 2.01. The number of carbonyl (C=O) groups is 1. The number of rotatable bonds is 6. The first-order chi connectivity index (χ1) is 9.10. The molecular formula is C15H21N3O. The molecule has 0 saturated carbocycles. The number of amides is 1. The SMILES string of the molecule is CCN(CC)C(=O)CN(C)Cc1cccc(C#N)c1. The Morgan fingerprint density at radius 2 is 2.00 bits per heavy atom. The Balaban J connectivity index is 2.57. The van der Waals surface area contributed by atoms with E-state index < -0.39 is 0 Å². The van der Waals surface area contributed by atoms with Crippen LogP contribution in [-0.4, -0.2) is 42.4 Å². The molecule has 4 heteroatoms. The van der Waals surface area contributed by atoms with Crippen LogP contribution in [-0.2, 0) is 11.3 Å². The molecule has 0 radical (unpaired) electrons. The molecule has 0 N–H and O–H groups in total. The zero-order chi connectivity index (χ0) is 14.3. The largest absolute Gasteiger partial charge is 0.342 e. The molecule has 0 aliphatic rings. The van der Waals surface area contributed by atoms with E-state index in [2.05, 4.69) is 6.07 Å². The smallest absolute Gasteiger partial charge is 0.236 e. The highest BCUT2D eigenvalue weighted by Crippen LogP contribution is 2.07. The molecule has 0 atom stereocenters. The lowest BCUT2D eigenvalue weighted by Gasteiger charge is -2.23. The van der Waals surface area contributed by atoms with Crippen LogP contribution in [0.3, 0.4) is 0 Å². The number of nitriles is 1. The first-order valence-electron chi connectivity index (χ1n) is 6.56. The summed E-state index contributed by atoms with van der Waals surface area (Å²) in [7, 11) is 1.92. The Morgan fingerprint density at radius 1 is 1.32 bits per heavy atom. The molecular weight excluding hydrogens is 238 g/mol. The van der Waals surface area contributed by atoms with Gasteiger partial charge in [-0.15, -0.1) is 0 Å². The maximum absolute atomic E-state index is 12.0. The summed E-state index contributed by atoms with van der Waals surface area (Å²) in [5.41, 5.74) is 1.70. The summed E-state index contributed by atoms with van der Waals surface area (Å²) in [5.74, 6) is 0.143. The van der Waals surface area contributed by atoms with Crippen LogP contribution in [0.2, 0.25) is 0 Å². The van der Waals surface area contributed by atoms with E-state index in [1.54, 1.807) is 6.07 Å². The lowest BCUT2D eigenvalue weighted by atomic mass is 10.1. The quantitative estimate of drug-likeness (QED) is 0.783. The van der Waals surface area contributed by atoms with Crippen LogP contribution in [0, 0.1) is 11.3 Å². The van der Waals surface area contributed by atoms with Gasteiger partial charge in [-0.25, -0.2) is 0 Å². The molecule has 4 nitrogen and oxygen atoms in total. The summed E-state index contributed by atoms with van der Waals surface area (Å²) >= 11 is 0. The molecule has 1 aromatic rings. The standard InChI is InChI=1S/C15H21N3O/c1-4-18(5-2)15(19)12-17(3)11-14-8-6-7-13(9-14)10-16/h6-9H,4-5,11-12H2,1-3H3. The molecule has 0 heterocycles. The number of carbonyl (C=O) groups excluding carboxylic acids is 1. The normalized spacial score (nSPS) is 10.3. The highest BCUT2D eigenvalue weighted by Gasteiger charge is 2.12. The molecule has 0 unspecified atom stereocenters. The van der Waals surface area contributed by atoms with Crippen LogP contribution < -0.4 is 0 Å². The van der Waals surface area contributed by atoms with Crippen molar-refractivity contribution in [1.82, 2.24) is 9.80 Å². The van der Waals surface area contributed by atoms with E-state index >= 15 is 0 Å². The molecule has 102 valence electrons. The summed E-state index contributed by atoms with van der Waals surface area (Å²) in [6, 6.07) is 9.61. The van der Waals surface area contributed by atoms with Gasteiger partial charge in [-0.3, -0.25) is 9.69 Å². The molecule has 1 aromatic carbocycles. The second-order valence-corrected chi connectivity index (χ2v) is 4.55. The lowest BCUT2D eigenvalue weighted by Crippen LogP contribution is -2.38. The molecule has 0 aliphatic carbocycles. The predicted molar refractivity (Wildman–Crippen MR) is 75.4 cm³/mol. The second kappa shape index (κ2) is 7.55. The minimum absolute atomic E-state index is 0.143. The molecule has 0 aromatic heterocycles. The van der Waals surface area contributed by atoms with E-state index in [9.17, 15) is 4.79 Å². The monoisotopic (exact) mass is 259 g/mol. The highest BCUT2D eigenvalue weighted by atomic mass is 16.2. The van der Waals surface area contributed by atoms with Crippen molar-refractivity contribution in [3.8, 4) is 6.07 Å². The molecule has 1 rings (SSSR count). The Kier molecular flexibility index (Phi) is 6.04. The summed E-state index contributed by atoms with van der Waals surface area (Å²) in [6.45, 7) is 6.52. The van der Waals surface area contributed by atoms with Gasteiger partial charge in [0.2, 0.25) is 5.91 Å². The minimum atomic E-state index is 0.143. The number of nitrogens with zero attached hydrogens (tertiary/aromatic N) is 3. The third-order valence-corrected chi connectivity index (χ3v) is 3.03. The third kappa shape index (κ3) is 4.72. The number of likely N-dealkylation sites (N-methyl/N-ethyl adjacent to an activating group) is 2. The van der Waals surface area contributed by atoms with Crippen LogP contribution in [0.4, 0.5) is 0 Å². The summed E-state index contributed by atoms with van der Waals surface area (Å²) < 4.78 is 0. The van der Waals surface area contributed by atoms with Crippen molar-refractivity contribution in [3.63, 3.8) is 0 Å². The van der Waals surface area contributed by atoms with Crippen molar-refractivity contribution in [2.24, 2.45) is 0 Å². The van der Waals surface area contributed by atoms with Gasteiger partial charge < -0.3 is 4.90 Å². The molecule has 0 saturated heterocycles. The first-order valence-corrected chi connectivity index (χ1v) is 6.56. The number of benzene rings is 1. The van der Waals surface area contributed by atoms with Gasteiger partial charge in [0.15, 0.2) is 0 Å². The topological polar surface area (TPSA) is 47.3 Å². The first kappa shape index (κ1) is 15.2. The second-order valence-electron chi connectivity index (χ2n) is 4.55. The zero-order valence-electron chi connectivity index (χ0n) is 11.9. The molecule has 0 bridgehead atoms. The molecule has 0 aliphatic heterocycles. The summed E-state index contributed by atoms with van der Waals surface area (Å²) in [6.07, 6.45) is 0. The van der Waals surface area contributed by atoms with Crippen molar-refractivity contribution in [1.29, 1.82) is 5.26 Å². The van der Waals surface area contributed by atoms with Gasteiger partial charge >= 0.3 is 0 Å². The molecule has 19 heavy (non-hydrogen) atoms. The van der Waals surface area contributed by atoms with Gasteiger partial charge in [-0.05, 0) is 38.6 Å². The van der Waals surface area contributed by atoms with Crippen molar-refractivity contribution in [3.05, 3.63) is 35.4 Å². The molecule has 0 spiro atoms.